The number of hydrogen-bond donors (Lipinski definition) is 1. The number of alkyl halides is 2. The van der Waals surface area contributed by atoms with Gasteiger partial charge >= 0.3 is 0 Å². The van der Waals surface area contributed by atoms with Crippen LogP contribution in [0.2, 0.25) is 0 Å². The lowest BCUT2D eigenvalue weighted by molar-refractivity contribution is 0.153. The molecular weight excluding hydrogens is 412 g/mol. The van der Waals surface area contributed by atoms with Gasteiger partial charge in [0.1, 0.15) is 5.75 Å². The summed E-state index contributed by atoms with van der Waals surface area (Å²) in [5, 5.41) is 3.96. The quantitative estimate of drug-likeness (QED) is 0.480. The SMILES string of the molecule is CCn1cc(-c2cc(C(F)F)c3c(=O)[nH]c(=S)n(-c4ccccc4OC)c3n2)cn1. The Morgan fingerprint density at radius 2 is 2.07 bits per heavy atom. The third-order valence-electron chi connectivity index (χ3n) is 4.71. The molecule has 0 radical (unpaired) electrons. The zero-order valence-electron chi connectivity index (χ0n) is 16.1. The monoisotopic (exact) mass is 429 g/mol. The first-order chi connectivity index (χ1) is 14.4. The number of para-hydroxylation sites is 2. The van der Waals surface area contributed by atoms with Gasteiger partial charge in [-0.1, -0.05) is 12.1 Å². The highest BCUT2D eigenvalue weighted by Crippen LogP contribution is 2.32. The fourth-order valence-corrected chi connectivity index (χ4v) is 3.56. The van der Waals surface area contributed by atoms with E-state index in [0.717, 1.165) is 0 Å². The van der Waals surface area contributed by atoms with Crippen LogP contribution in [-0.4, -0.2) is 31.4 Å². The highest BCUT2D eigenvalue weighted by Gasteiger charge is 2.22. The summed E-state index contributed by atoms with van der Waals surface area (Å²) in [6.45, 7) is 2.53. The first-order valence-corrected chi connectivity index (χ1v) is 9.49. The summed E-state index contributed by atoms with van der Waals surface area (Å²) in [7, 11) is 1.49. The fourth-order valence-electron chi connectivity index (χ4n) is 3.28. The van der Waals surface area contributed by atoms with E-state index in [9.17, 15) is 13.6 Å². The van der Waals surface area contributed by atoms with Gasteiger partial charge in [0, 0.05) is 23.9 Å². The van der Waals surface area contributed by atoms with Crippen LogP contribution in [0.1, 0.15) is 18.9 Å². The van der Waals surface area contributed by atoms with Crippen LogP contribution in [0.4, 0.5) is 8.78 Å². The second-order valence-corrected chi connectivity index (χ2v) is 6.83. The number of fused-ring (bicyclic) bond motifs is 1. The van der Waals surface area contributed by atoms with Crippen LogP contribution in [0.3, 0.4) is 0 Å². The number of halogens is 2. The Morgan fingerprint density at radius 3 is 2.73 bits per heavy atom. The Balaban J connectivity index is 2.15. The molecule has 0 spiro atoms. The summed E-state index contributed by atoms with van der Waals surface area (Å²) in [5.74, 6) is 0.451. The van der Waals surface area contributed by atoms with Crippen LogP contribution in [0.25, 0.3) is 28.0 Å². The van der Waals surface area contributed by atoms with Crippen molar-refractivity contribution in [3.8, 4) is 22.7 Å². The first kappa shape index (κ1) is 19.9. The maximum Gasteiger partial charge on any atom is 0.264 e. The molecule has 3 heterocycles. The van der Waals surface area contributed by atoms with Crippen LogP contribution in [-0.2, 0) is 6.54 Å². The smallest absolute Gasteiger partial charge is 0.264 e. The summed E-state index contributed by atoms with van der Waals surface area (Å²) < 4.78 is 36.4. The minimum atomic E-state index is -2.89. The molecule has 7 nitrogen and oxygen atoms in total. The van der Waals surface area contributed by atoms with Crippen molar-refractivity contribution in [3.05, 3.63) is 63.4 Å². The number of rotatable bonds is 5. The summed E-state index contributed by atoms with van der Waals surface area (Å²) in [5.41, 5.74) is 0.157. The van der Waals surface area contributed by atoms with E-state index in [0.29, 0.717) is 23.5 Å². The molecule has 0 aliphatic rings. The average molecular weight is 429 g/mol. The van der Waals surface area contributed by atoms with E-state index in [-0.39, 0.29) is 21.5 Å². The minimum absolute atomic E-state index is 0.0188. The lowest BCUT2D eigenvalue weighted by atomic mass is 10.1. The third kappa shape index (κ3) is 3.28. The molecule has 0 unspecified atom stereocenters. The molecule has 0 aliphatic carbocycles. The van der Waals surface area contributed by atoms with Crippen molar-refractivity contribution < 1.29 is 13.5 Å². The predicted octanol–water partition coefficient (Wildman–Crippen LogP) is 4.27. The molecule has 0 saturated heterocycles. The minimum Gasteiger partial charge on any atom is -0.495 e. The van der Waals surface area contributed by atoms with Crippen LogP contribution in [0, 0.1) is 4.77 Å². The van der Waals surface area contributed by atoms with E-state index in [2.05, 4.69) is 15.1 Å². The molecule has 30 heavy (non-hydrogen) atoms. The number of aromatic nitrogens is 5. The number of pyridine rings is 1. The van der Waals surface area contributed by atoms with E-state index >= 15 is 0 Å². The van der Waals surface area contributed by atoms with Crippen molar-refractivity contribution in [2.75, 3.05) is 7.11 Å². The molecule has 0 aliphatic heterocycles. The summed E-state index contributed by atoms with van der Waals surface area (Å²) in [4.78, 5) is 19.6. The Labute approximate surface area is 174 Å². The van der Waals surface area contributed by atoms with E-state index in [1.54, 1.807) is 41.3 Å². The first-order valence-electron chi connectivity index (χ1n) is 9.09. The second kappa shape index (κ2) is 7.79. The van der Waals surface area contributed by atoms with Crippen LogP contribution < -0.4 is 10.3 Å². The van der Waals surface area contributed by atoms with Crippen LogP contribution in [0.5, 0.6) is 5.75 Å². The molecule has 10 heteroatoms. The van der Waals surface area contributed by atoms with Gasteiger partial charge in [-0.2, -0.15) is 5.10 Å². The molecule has 0 bridgehead atoms. The number of methoxy groups -OCH3 is 1. The topological polar surface area (TPSA) is 77.7 Å². The number of nitrogens with one attached hydrogen (secondary N) is 1. The molecule has 1 N–H and O–H groups in total. The zero-order chi connectivity index (χ0) is 21.4. The number of aryl methyl sites for hydroxylation is 1. The van der Waals surface area contributed by atoms with Crippen molar-refractivity contribution in [3.63, 3.8) is 0 Å². The van der Waals surface area contributed by atoms with Gasteiger partial charge in [0.05, 0.1) is 30.1 Å². The molecule has 1 aromatic carbocycles. The van der Waals surface area contributed by atoms with Gasteiger partial charge in [-0.05, 0) is 37.3 Å². The number of aromatic amines is 1. The summed E-state index contributed by atoms with van der Waals surface area (Å²) >= 11 is 5.36. The van der Waals surface area contributed by atoms with Crippen LogP contribution in [0.15, 0.2) is 47.5 Å². The maximum atomic E-state index is 14.0. The van der Waals surface area contributed by atoms with Crippen molar-refractivity contribution in [2.45, 2.75) is 19.9 Å². The maximum absolute atomic E-state index is 14.0. The molecule has 0 atom stereocenters. The second-order valence-electron chi connectivity index (χ2n) is 6.45. The molecular formula is C20H17F2N5O2S. The van der Waals surface area contributed by atoms with Crippen molar-refractivity contribution in [1.29, 1.82) is 0 Å². The molecule has 0 amide bonds. The number of ether oxygens (including phenoxy) is 1. The normalized spacial score (nSPS) is 11.4. The molecule has 154 valence electrons. The van der Waals surface area contributed by atoms with Gasteiger partial charge < -0.3 is 4.74 Å². The number of benzene rings is 1. The Morgan fingerprint density at radius 1 is 1.30 bits per heavy atom. The largest absolute Gasteiger partial charge is 0.495 e. The van der Waals surface area contributed by atoms with E-state index < -0.39 is 17.5 Å². The lowest BCUT2D eigenvalue weighted by Gasteiger charge is -2.16. The number of hydrogen-bond acceptors (Lipinski definition) is 5. The molecule has 4 aromatic rings. The summed E-state index contributed by atoms with van der Waals surface area (Å²) in [6, 6.07) is 8.14. The van der Waals surface area contributed by atoms with Crippen LogP contribution >= 0.6 is 12.2 Å². The lowest BCUT2D eigenvalue weighted by Crippen LogP contribution is -2.17. The van der Waals surface area contributed by atoms with E-state index in [4.69, 9.17) is 17.0 Å². The highest BCUT2D eigenvalue weighted by atomic mass is 32.1. The van der Waals surface area contributed by atoms with Gasteiger partial charge in [-0.3, -0.25) is 19.0 Å². The van der Waals surface area contributed by atoms with E-state index in [1.807, 2.05) is 6.92 Å². The van der Waals surface area contributed by atoms with Gasteiger partial charge in [0.2, 0.25) is 0 Å². The van der Waals surface area contributed by atoms with Gasteiger partial charge in [-0.25, -0.2) is 13.8 Å². The highest BCUT2D eigenvalue weighted by molar-refractivity contribution is 7.71. The fraction of sp³-hybridized carbons (Fsp3) is 0.200. The molecule has 0 fully saturated rings. The zero-order valence-corrected chi connectivity index (χ0v) is 16.9. The Bertz CT molecular complexity index is 1360. The number of H-pyrrole nitrogens is 1. The van der Waals surface area contributed by atoms with Gasteiger partial charge in [0.25, 0.3) is 12.0 Å². The summed E-state index contributed by atoms with van der Waals surface area (Å²) in [6.07, 6.45) is 0.361. The number of nitrogens with zero attached hydrogens (tertiary/aromatic N) is 4. The average Bonchev–Trinajstić information content (AvgIpc) is 3.22. The van der Waals surface area contributed by atoms with Gasteiger partial charge in [0.15, 0.2) is 10.4 Å². The van der Waals surface area contributed by atoms with E-state index in [1.165, 1.54) is 17.7 Å². The molecule has 3 aromatic heterocycles. The Hall–Kier alpha value is -3.40. The third-order valence-corrected chi connectivity index (χ3v) is 4.99. The van der Waals surface area contributed by atoms with Crippen molar-refractivity contribution in [2.24, 2.45) is 0 Å². The van der Waals surface area contributed by atoms with Gasteiger partial charge in [-0.15, -0.1) is 0 Å². The molecule has 0 saturated carbocycles. The molecule has 4 rings (SSSR count). The predicted molar refractivity (Wildman–Crippen MR) is 111 cm³/mol. The van der Waals surface area contributed by atoms with Crippen molar-refractivity contribution in [1.82, 2.24) is 24.3 Å². The Kier molecular flexibility index (Phi) is 5.17. The standard InChI is InChI=1S/C20H17F2N5O2S/c1-3-26-10-11(9-23-26)13-8-12(17(21)22)16-18(24-13)27(20(30)25-19(16)28)14-6-4-5-7-15(14)29-2/h4-10,17H,3H2,1-2H3,(H,25,28,30). The van der Waals surface area contributed by atoms with Crippen molar-refractivity contribution >= 4 is 23.3 Å².